The van der Waals surface area contributed by atoms with Crippen LogP contribution in [0.1, 0.15) is 12.6 Å². The summed E-state index contributed by atoms with van der Waals surface area (Å²) in [5.74, 6) is 0.576. The Morgan fingerprint density at radius 3 is 3.07 bits per heavy atom. The molecule has 1 aromatic rings. The van der Waals surface area contributed by atoms with Crippen molar-refractivity contribution in [3.05, 3.63) is 35.5 Å². The summed E-state index contributed by atoms with van der Waals surface area (Å²) in [4.78, 5) is 4.28. The van der Waals surface area contributed by atoms with Crippen LogP contribution in [0.2, 0.25) is 5.02 Å². The Kier molecular flexibility index (Phi) is 5.15. The third-order valence-corrected chi connectivity index (χ3v) is 2.13. The van der Waals surface area contributed by atoms with Gasteiger partial charge in [-0.15, -0.1) is 0 Å². The van der Waals surface area contributed by atoms with E-state index in [1.807, 2.05) is 6.92 Å². The van der Waals surface area contributed by atoms with Crippen LogP contribution in [-0.2, 0) is 6.54 Å². The number of nitrogens with one attached hydrogen (secondary N) is 1. The third-order valence-electron chi connectivity index (χ3n) is 1.78. The predicted molar refractivity (Wildman–Crippen MR) is 62.3 cm³/mol. The molecule has 0 aliphatic heterocycles. The number of nitrogens with zero attached hydrogens (tertiary/aromatic N) is 1. The van der Waals surface area contributed by atoms with E-state index in [1.165, 1.54) is 0 Å². The summed E-state index contributed by atoms with van der Waals surface area (Å²) in [5, 5.41) is 3.82. The third kappa shape index (κ3) is 3.90. The standard InChI is InChI=1S/C11H15ClN2O/c1-3-7-15-11-6-5-9(12)10(14-11)8-13-4-2/h3,5-6,13H,1,4,7-8H2,2H3. The van der Waals surface area contributed by atoms with Crippen LogP contribution in [0.15, 0.2) is 24.8 Å². The van der Waals surface area contributed by atoms with E-state index >= 15 is 0 Å². The Morgan fingerprint density at radius 2 is 2.40 bits per heavy atom. The first-order chi connectivity index (χ1) is 7.27. The lowest BCUT2D eigenvalue weighted by Crippen LogP contribution is -2.13. The van der Waals surface area contributed by atoms with Gasteiger partial charge in [0.2, 0.25) is 5.88 Å². The molecule has 4 heteroatoms. The van der Waals surface area contributed by atoms with Gasteiger partial charge in [0.15, 0.2) is 0 Å². The molecule has 3 nitrogen and oxygen atoms in total. The van der Waals surface area contributed by atoms with Gasteiger partial charge in [0.1, 0.15) is 6.61 Å². The van der Waals surface area contributed by atoms with Crippen molar-refractivity contribution in [1.82, 2.24) is 10.3 Å². The number of hydrogen-bond acceptors (Lipinski definition) is 3. The highest BCUT2D eigenvalue weighted by atomic mass is 35.5. The molecule has 0 amide bonds. The van der Waals surface area contributed by atoms with Gasteiger partial charge in [-0.05, 0) is 12.6 Å². The molecule has 0 aromatic carbocycles. The van der Waals surface area contributed by atoms with Crippen molar-refractivity contribution in [2.75, 3.05) is 13.2 Å². The van der Waals surface area contributed by atoms with Crippen LogP contribution >= 0.6 is 11.6 Å². The summed E-state index contributed by atoms with van der Waals surface area (Å²) < 4.78 is 5.32. The molecule has 1 rings (SSSR count). The van der Waals surface area contributed by atoms with E-state index in [1.54, 1.807) is 18.2 Å². The van der Waals surface area contributed by atoms with Crippen LogP contribution in [0.3, 0.4) is 0 Å². The first-order valence-electron chi connectivity index (χ1n) is 4.87. The Bertz CT molecular complexity index is 328. The Balaban J connectivity index is 2.70. The molecule has 0 spiro atoms. The average molecular weight is 227 g/mol. The normalized spacial score (nSPS) is 10.0. The highest BCUT2D eigenvalue weighted by molar-refractivity contribution is 6.31. The molecule has 1 aromatic heterocycles. The van der Waals surface area contributed by atoms with Crippen molar-refractivity contribution in [2.45, 2.75) is 13.5 Å². The smallest absolute Gasteiger partial charge is 0.213 e. The van der Waals surface area contributed by atoms with Crippen molar-refractivity contribution in [3.63, 3.8) is 0 Å². The molecule has 0 fully saturated rings. The SMILES string of the molecule is C=CCOc1ccc(Cl)c(CNCC)n1. The zero-order valence-electron chi connectivity index (χ0n) is 8.79. The van der Waals surface area contributed by atoms with E-state index in [4.69, 9.17) is 16.3 Å². The fourth-order valence-electron chi connectivity index (χ4n) is 1.06. The second-order valence-electron chi connectivity index (χ2n) is 2.96. The number of ether oxygens (including phenoxy) is 1. The maximum atomic E-state index is 5.99. The second-order valence-corrected chi connectivity index (χ2v) is 3.37. The molecule has 1 N–H and O–H groups in total. The minimum Gasteiger partial charge on any atom is -0.473 e. The summed E-state index contributed by atoms with van der Waals surface area (Å²) in [5.41, 5.74) is 0.806. The Morgan fingerprint density at radius 1 is 1.60 bits per heavy atom. The Hall–Kier alpha value is -1.06. The zero-order chi connectivity index (χ0) is 11.1. The second kappa shape index (κ2) is 6.43. The minimum atomic E-state index is 0.454. The van der Waals surface area contributed by atoms with E-state index in [0.717, 1.165) is 12.2 Å². The summed E-state index contributed by atoms with van der Waals surface area (Å²) >= 11 is 5.99. The highest BCUT2D eigenvalue weighted by Crippen LogP contribution is 2.17. The van der Waals surface area contributed by atoms with Gasteiger partial charge in [-0.2, -0.15) is 0 Å². The van der Waals surface area contributed by atoms with Gasteiger partial charge in [0.05, 0.1) is 10.7 Å². The zero-order valence-corrected chi connectivity index (χ0v) is 9.55. The number of hydrogen-bond donors (Lipinski definition) is 1. The van der Waals surface area contributed by atoms with Gasteiger partial charge in [0, 0.05) is 12.6 Å². The van der Waals surface area contributed by atoms with Gasteiger partial charge in [0.25, 0.3) is 0 Å². The van der Waals surface area contributed by atoms with Crippen LogP contribution in [-0.4, -0.2) is 18.1 Å². The molecule has 0 bridgehead atoms. The Labute approximate surface area is 95.1 Å². The van der Waals surface area contributed by atoms with Crippen molar-refractivity contribution >= 4 is 11.6 Å². The topological polar surface area (TPSA) is 34.1 Å². The van der Waals surface area contributed by atoms with Crippen LogP contribution in [0.25, 0.3) is 0 Å². The van der Waals surface area contributed by atoms with Gasteiger partial charge < -0.3 is 10.1 Å². The van der Waals surface area contributed by atoms with Gasteiger partial charge in [-0.25, -0.2) is 4.98 Å². The van der Waals surface area contributed by atoms with Gasteiger partial charge >= 0.3 is 0 Å². The number of pyridine rings is 1. The van der Waals surface area contributed by atoms with Crippen LogP contribution in [0.4, 0.5) is 0 Å². The van der Waals surface area contributed by atoms with Crippen molar-refractivity contribution in [1.29, 1.82) is 0 Å². The molecule has 0 radical (unpaired) electrons. The first-order valence-corrected chi connectivity index (χ1v) is 5.25. The van der Waals surface area contributed by atoms with Crippen molar-refractivity contribution < 1.29 is 4.74 Å². The number of rotatable bonds is 6. The molecule has 82 valence electrons. The average Bonchev–Trinajstić information content (AvgIpc) is 2.26. The summed E-state index contributed by atoms with van der Waals surface area (Å²) in [6.45, 7) is 7.60. The molecule has 1 heterocycles. The van der Waals surface area contributed by atoms with Gasteiger partial charge in [-0.3, -0.25) is 0 Å². The fraction of sp³-hybridized carbons (Fsp3) is 0.364. The molecule has 0 unspecified atom stereocenters. The summed E-state index contributed by atoms with van der Waals surface area (Å²) in [7, 11) is 0. The predicted octanol–water partition coefficient (Wildman–Crippen LogP) is 2.41. The van der Waals surface area contributed by atoms with Crippen molar-refractivity contribution in [3.8, 4) is 5.88 Å². The highest BCUT2D eigenvalue weighted by Gasteiger charge is 2.03. The summed E-state index contributed by atoms with van der Waals surface area (Å²) in [6.07, 6.45) is 1.68. The maximum Gasteiger partial charge on any atom is 0.213 e. The molecule has 0 saturated carbocycles. The minimum absolute atomic E-state index is 0.454. The number of halogens is 1. The lowest BCUT2D eigenvalue weighted by Gasteiger charge is -2.07. The van der Waals surface area contributed by atoms with E-state index in [2.05, 4.69) is 16.9 Å². The van der Waals surface area contributed by atoms with Crippen molar-refractivity contribution in [2.24, 2.45) is 0 Å². The molecular weight excluding hydrogens is 212 g/mol. The van der Waals surface area contributed by atoms with Crippen LogP contribution < -0.4 is 10.1 Å². The molecule has 0 aliphatic rings. The molecule has 15 heavy (non-hydrogen) atoms. The lowest BCUT2D eigenvalue weighted by molar-refractivity contribution is 0.347. The van der Waals surface area contributed by atoms with E-state index in [-0.39, 0.29) is 0 Å². The first kappa shape index (κ1) is 12.0. The van der Waals surface area contributed by atoms with E-state index < -0.39 is 0 Å². The van der Waals surface area contributed by atoms with Crippen LogP contribution in [0, 0.1) is 0 Å². The van der Waals surface area contributed by atoms with Gasteiger partial charge in [-0.1, -0.05) is 31.2 Å². The van der Waals surface area contributed by atoms with E-state index in [9.17, 15) is 0 Å². The molecule has 0 atom stereocenters. The largest absolute Gasteiger partial charge is 0.473 e. The van der Waals surface area contributed by atoms with E-state index in [0.29, 0.717) is 24.1 Å². The molecule has 0 saturated heterocycles. The van der Waals surface area contributed by atoms with Crippen LogP contribution in [0.5, 0.6) is 5.88 Å². The fourth-order valence-corrected chi connectivity index (χ4v) is 1.23. The molecular formula is C11H15ClN2O. The quantitative estimate of drug-likeness (QED) is 0.757. The lowest BCUT2D eigenvalue weighted by atomic mass is 10.3. The molecule has 0 aliphatic carbocycles. The maximum absolute atomic E-state index is 5.99. The summed E-state index contributed by atoms with van der Waals surface area (Å²) in [6, 6.07) is 3.54. The monoisotopic (exact) mass is 226 g/mol. The number of aromatic nitrogens is 1.